The van der Waals surface area contributed by atoms with Crippen LogP contribution in [0.4, 0.5) is 0 Å². The second-order valence-electron chi connectivity index (χ2n) is 6.44. The lowest BCUT2D eigenvalue weighted by atomic mass is 10.1. The predicted molar refractivity (Wildman–Crippen MR) is 95.0 cm³/mol. The molecule has 3 rings (SSSR count). The zero-order valence-electron chi connectivity index (χ0n) is 14.5. The van der Waals surface area contributed by atoms with Gasteiger partial charge in [0.1, 0.15) is 0 Å². The number of thiazole rings is 1. The SMILES string of the molecule is C=C(OCC)N1CCC(NC(=O)c2nc3c(s2)CN(C)CC3)CC1. The Morgan fingerprint density at radius 2 is 2.17 bits per heavy atom. The van der Waals surface area contributed by atoms with E-state index in [1.54, 1.807) is 0 Å². The Morgan fingerprint density at radius 1 is 1.42 bits per heavy atom. The molecule has 24 heavy (non-hydrogen) atoms. The zero-order chi connectivity index (χ0) is 17.1. The van der Waals surface area contributed by atoms with Gasteiger partial charge in [0.05, 0.1) is 12.3 Å². The molecule has 0 bridgehead atoms. The number of rotatable bonds is 5. The summed E-state index contributed by atoms with van der Waals surface area (Å²) in [5.74, 6) is 0.707. The molecular weight excluding hydrogens is 324 g/mol. The lowest BCUT2D eigenvalue weighted by molar-refractivity contribution is 0.0854. The maximum Gasteiger partial charge on any atom is 0.280 e. The van der Waals surface area contributed by atoms with Gasteiger partial charge in [-0.05, 0) is 33.4 Å². The third-order valence-electron chi connectivity index (χ3n) is 4.61. The van der Waals surface area contributed by atoms with Crippen LogP contribution in [0.25, 0.3) is 0 Å². The van der Waals surface area contributed by atoms with E-state index >= 15 is 0 Å². The number of hydrogen-bond acceptors (Lipinski definition) is 6. The summed E-state index contributed by atoms with van der Waals surface area (Å²) in [5, 5.41) is 3.75. The standard InChI is InChI=1S/C17H26N4O2S/c1-4-23-12(2)21-9-5-13(6-10-21)18-16(22)17-19-14-7-8-20(3)11-15(14)24-17/h13H,2,4-11H2,1,3H3,(H,18,22). The van der Waals surface area contributed by atoms with Gasteiger partial charge in [-0.25, -0.2) is 4.98 Å². The molecule has 1 fully saturated rings. The maximum absolute atomic E-state index is 12.5. The number of nitrogens with zero attached hydrogens (tertiary/aromatic N) is 3. The summed E-state index contributed by atoms with van der Waals surface area (Å²) in [6.07, 6.45) is 2.75. The Hall–Kier alpha value is -1.60. The van der Waals surface area contributed by atoms with Crippen LogP contribution in [0.3, 0.4) is 0 Å². The second kappa shape index (κ2) is 7.53. The first-order valence-corrected chi connectivity index (χ1v) is 9.43. The van der Waals surface area contributed by atoms with Crippen LogP contribution in [0.2, 0.25) is 0 Å². The van der Waals surface area contributed by atoms with Gasteiger partial charge in [-0.3, -0.25) is 4.79 Å². The molecule has 0 aliphatic carbocycles. The molecule has 0 atom stereocenters. The summed E-state index contributed by atoms with van der Waals surface area (Å²) < 4.78 is 5.45. The van der Waals surface area contributed by atoms with Crippen molar-refractivity contribution >= 4 is 17.2 Å². The fraction of sp³-hybridized carbons (Fsp3) is 0.647. The van der Waals surface area contributed by atoms with Crippen molar-refractivity contribution in [3.63, 3.8) is 0 Å². The Morgan fingerprint density at radius 3 is 2.88 bits per heavy atom. The fourth-order valence-electron chi connectivity index (χ4n) is 3.20. The molecule has 1 amide bonds. The van der Waals surface area contributed by atoms with E-state index in [9.17, 15) is 4.79 Å². The van der Waals surface area contributed by atoms with Crippen LogP contribution in [0.1, 0.15) is 40.1 Å². The molecule has 0 aromatic carbocycles. The number of hydrogen-bond donors (Lipinski definition) is 1. The van der Waals surface area contributed by atoms with Gasteiger partial charge in [-0.1, -0.05) is 0 Å². The third kappa shape index (κ3) is 3.89. The number of likely N-dealkylation sites (N-methyl/N-ethyl adjacent to an activating group) is 1. The Labute approximate surface area is 147 Å². The number of aromatic nitrogens is 1. The van der Waals surface area contributed by atoms with Crippen molar-refractivity contribution in [2.24, 2.45) is 0 Å². The van der Waals surface area contributed by atoms with E-state index in [4.69, 9.17) is 4.74 Å². The van der Waals surface area contributed by atoms with E-state index in [-0.39, 0.29) is 11.9 Å². The van der Waals surface area contributed by atoms with Gasteiger partial charge in [0, 0.05) is 43.5 Å². The Bertz CT molecular complexity index is 608. The van der Waals surface area contributed by atoms with Crippen LogP contribution >= 0.6 is 11.3 Å². The highest BCUT2D eigenvalue weighted by atomic mass is 32.1. The van der Waals surface area contributed by atoms with Gasteiger partial charge >= 0.3 is 0 Å². The molecule has 1 N–H and O–H groups in total. The van der Waals surface area contributed by atoms with Crippen molar-refractivity contribution in [1.82, 2.24) is 20.1 Å². The summed E-state index contributed by atoms with van der Waals surface area (Å²) >= 11 is 1.54. The smallest absolute Gasteiger partial charge is 0.280 e. The molecule has 1 aromatic heterocycles. The van der Waals surface area contributed by atoms with E-state index < -0.39 is 0 Å². The summed E-state index contributed by atoms with van der Waals surface area (Å²) in [6, 6.07) is 0.201. The number of carbonyl (C=O) groups excluding carboxylic acids is 1. The number of piperidine rings is 1. The van der Waals surface area contributed by atoms with Crippen molar-refractivity contribution in [2.45, 2.75) is 38.8 Å². The first kappa shape index (κ1) is 17.2. The minimum absolute atomic E-state index is 0.0286. The quantitative estimate of drug-likeness (QED) is 0.821. The van der Waals surface area contributed by atoms with E-state index in [2.05, 4.69) is 33.7 Å². The van der Waals surface area contributed by atoms with Crippen molar-refractivity contribution in [3.05, 3.63) is 28.0 Å². The Balaban J connectivity index is 1.52. The maximum atomic E-state index is 12.5. The molecule has 3 heterocycles. The molecule has 6 nitrogen and oxygen atoms in total. The minimum Gasteiger partial charge on any atom is -0.480 e. The van der Waals surface area contributed by atoms with Crippen molar-refractivity contribution in [3.8, 4) is 0 Å². The monoisotopic (exact) mass is 350 g/mol. The number of amides is 1. The van der Waals surface area contributed by atoms with E-state index in [0.717, 1.165) is 57.0 Å². The first-order chi connectivity index (χ1) is 11.6. The zero-order valence-corrected chi connectivity index (χ0v) is 15.3. The van der Waals surface area contributed by atoms with Gasteiger partial charge < -0.3 is 19.9 Å². The highest BCUT2D eigenvalue weighted by Crippen LogP contribution is 2.25. The van der Waals surface area contributed by atoms with E-state index in [1.165, 1.54) is 16.2 Å². The molecule has 7 heteroatoms. The van der Waals surface area contributed by atoms with Crippen molar-refractivity contribution in [1.29, 1.82) is 0 Å². The summed E-state index contributed by atoms with van der Waals surface area (Å²) in [4.78, 5) is 22.7. The molecule has 0 unspecified atom stereocenters. The van der Waals surface area contributed by atoms with Gasteiger partial charge in [0.15, 0.2) is 10.9 Å². The molecule has 0 radical (unpaired) electrons. The molecular formula is C17H26N4O2S. The Kier molecular flexibility index (Phi) is 5.40. The van der Waals surface area contributed by atoms with Gasteiger partial charge in [-0.2, -0.15) is 0 Å². The minimum atomic E-state index is -0.0286. The summed E-state index contributed by atoms with van der Waals surface area (Å²) in [5.41, 5.74) is 1.10. The number of ether oxygens (including phenoxy) is 1. The van der Waals surface area contributed by atoms with Crippen LogP contribution in [-0.2, 0) is 17.7 Å². The topological polar surface area (TPSA) is 57.7 Å². The number of nitrogens with one attached hydrogen (secondary N) is 1. The van der Waals surface area contributed by atoms with Crippen LogP contribution in [-0.4, -0.2) is 60.0 Å². The average molecular weight is 350 g/mol. The number of likely N-dealkylation sites (tertiary alicyclic amines) is 1. The molecule has 1 saturated heterocycles. The normalized spacial score (nSPS) is 19.0. The molecule has 0 spiro atoms. The largest absolute Gasteiger partial charge is 0.480 e. The summed E-state index contributed by atoms with van der Waals surface area (Å²) in [6.45, 7) is 10.2. The van der Waals surface area contributed by atoms with Gasteiger partial charge in [0.2, 0.25) is 0 Å². The second-order valence-corrected chi connectivity index (χ2v) is 7.52. The van der Waals surface area contributed by atoms with Gasteiger partial charge in [0.25, 0.3) is 5.91 Å². The van der Waals surface area contributed by atoms with Crippen LogP contribution < -0.4 is 5.32 Å². The fourth-order valence-corrected chi connectivity index (χ4v) is 4.29. The number of carbonyl (C=O) groups is 1. The highest BCUT2D eigenvalue weighted by Gasteiger charge is 2.25. The number of fused-ring (bicyclic) bond motifs is 1. The molecule has 132 valence electrons. The average Bonchev–Trinajstić information content (AvgIpc) is 2.99. The van der Waals surface area contributed by atoms with Gasteiger partial charge in [-0.15, -0.1) is 11.3 Å². The molecule has 2 aliphatic rings. The van der Waals surface area contributed by atoms with Crippen LogP contribution in [0.15, 0.2) is 12.5 Å². The van der Waals surface area contributed by atoms with Crippen molar-refractivity contribution in [2.75, 3.05) is 33.3 Å². The van der Waals surface area contributed by atoms with E-state index in [1.807, 2.05) is 6.92 Å². The van der Waals surface area contributed by atoms with Crippen LogP contribution in [0.5, 0.6) is 0 Å². The molecule has 0 saturated carbocycles. The highest BCUT2D eigenvalue weighted by molar-refractivity contribution is 7.13. The molecule has 1 aromatic rings. The molecule has 2 aliphatic heterocycles. The lowest BCUT2D eigenvalue weighted by Crippen LogP contribution is -2.44. The first-order valence-electron chi connectivity index (χ1n) is 8.61. The van der Waals surface area contributed by atoms with Crippen LogP contribution in [0, 0.1) is 0 Å². The third-order valence-corrected chi connectivity index (χ3v) is 5.69. The summed E-state index contributed by atoms with van der Waals surface area (Å²) in [7, 11) is 2.10. The predicted octanol–water partition coefficient (Wildman–Crippen LogP) is 1.83. The van der Waals surface area contributed by atoms with Crippen molar-refractivity contribution < 1.29 is 9.53 Å². The van der Waals surface area contributed by atoms with E-state index in [0.29, 0.717) is 11.6 Å². The lowest BCUT2D eigenvalue weighted by Gasteiger charge is -2.34.